The van der Waals surface area contributed by atoms with E-state index in [0.29, 0.717) is 21.5 Å². The van der Waals surface area contributed by atoms with Crippen molar-refractivity contribution in [1.29, 1.82) is 0 Å². The standard InChI is InChI=1S/C23H22Cl2N2O2.C6H16OSi/c1-3-13(4-2)21-23(17-9-8-16(25)11-19(17)26-22(23)29)18(12-20(28)27-21)14-6-5-7-15(24)10-14;1-6(7-2)8(3,4)5/h3,5-11,18,21H,4,12H2,1-2H3,(H,26,29)(H,27,28);6H,1-5H3/t18-,21+,23-;/m0./s1. The van der Waals surface area contributed by atoms with Crippen molar-refractivity contribution >= 4 is 48.8 Å². The molecule has 1 fully saturated rings. The van der Waals surface area contributed by atoms with Crippen LogP contribution in [0.1, 0.15) is 50.7 Å². The number of hydrogen-bond donors (Lipinski definition) is 2. The Labute approximate surface area is 232 Å². The minimum absolute atomic E-state index is 0.0754. The Bertz CT molecular complexity index is 1190. The summed E-state index contributed by atoms with van der Waals surface area (Å²) in [4.78, 5) is 26.4. The molecule has 0 bridgehead atoms. The molecule has 2 aliphatic rings. The maximum atomic E-state index is 13.7. The van der Waals surface area contributed by atoms with Crippen LogP contribution in [0.25, 0.3) is 0 Å². The SMILES string of the molecule is CC=C(CC)[C@H]1NC(=O)C[C@@H](c2cccc(Cl)c2)[C@]12C(=O)Nc1cc(Cl)ccc12.COC(C)[Si](C)(C)C. The van der Waals surface area contributed by atoms with Gasteiger partial charge in [-0.15, -0.1) is 0 Å². The van der Waals surface area contributed by atoms with Crippen molar-refractivity contribution in [1.82, 2.24) is 5.32 Å². The first-order valence-electron chi connectivity index (χ1n) is 12.7. The Hall–Kier alpha value is -2.12. The third kappa shape index (κ3) is 5.82. The molecule has 8 heteroatoms. The molecule has 0 radical (unpaired) electrons. The zero-order valence-electron chi connectivity index (χ0n) is 22.7. The van der Waals surface area contributed by atoms with Crippen LogP contribution in [0.5, 0.6) is 0 Å². The van der Waals surface area contributed by atoms with Gasteiger partial charge in [0.2, 0.25) is 11.8 Å². The fourth-order valence-electron chi connectivity index (χ4n) is 5.26. The lowest BCUT2D eigenvalue weighted by atomic mass is 9.59. The van der Waals surface area contributed by atoms with Gasteiger partial charge in [0.25, 0.3) is 0 Å². The number of carbonyl (C=O) groups is 2. The number of anilines is 1. The van der Waals surface area contributed by atoms with E-state index >= 15 is 0 Å². The summed E-state index contributed by atoms with van der Waals surface area (Å²) in [5.41, 5.74) is 2.96. The van der Waals surface area contributed by atoms with Crippen LogP contribution in [0.3, 0.4) is 0 Å². The fraction of sp³-hybridized carbons (Fsp3) is 0.448. The number of fused-ring (bicyclic) bond motifs is 2. The molecule has 4 atom stereocenters. The van der Waals surface area contributed by atoms with Gasteiger partial charge >= 0.3 is 0 Å². The number of ether oxygens (including phenoxy) is 1. The normalized spacial score (nSPS) is 24.1. The molecule has 1 spiro atoms. The second-order valence-corrected chi connectivity index (χ2v) is 17.2. The molecule has 0 aromatic heterocycles. The lowest BCUT2D eigenvalue weighted by molar-refractivity contribution is -0.130. The number of rotatable bonds is 5. The van der Waals surface area contributed by atoms with Gasteiger partial charge in [0.15, 0.2) is 0 Å². The van der Waals surface area contributed by atoms with Crippen molar-refractivity contribution < 1.29 is 14.3 Å². The summed E-state index contributed by atoms with van der Waals surface area (Å²) in [5.74, 6) is -0.560. The predicted molar refractivity (Wildman–Crippen MR) is 156 cm³/mol. The summed E-state index contributed by atoms with van der Waals surface area (Å²) in [6, 6.07) is 12.5. The number of halogens is 2. The Morgan fingerprint density at radius 3 is 2.38 bits per heavy atom. The van der Waals surface area contributed by atoms with Crippen LogP contribution in [0.2, 0.25) is 29.7 Å². The molecule has 0 saturated carbocycles. The molecule has 2 aliphatic heterocycles. The highest BCUT2D eigenvalue weighted by molar-refractivity contribution is 6.77. The minimum atomic E-state index is -0.983. The van der Waals surface area contributed by atoms with E-state index in [-0.39, 0.29) is 24.2 Å². The van der Waals surface area contributed by atoms with E-state index in [9.17, 15) is 9.59 Å². The Morgan fingerprint density at radius 1 is 1.16 bits per heavy atom. The zero-order valence-corrected chi connectivity index (χ0v) is 25.3. The number of nitrogens with one attached hydrogen (secondary N) is 2. The summed E-state index contributed by atoms with van der Waals surface area (Å²) < 4.78 is 5.18. The molecule has 2 aromatic rings. The Morgan fingerprint density at radius 2 is 1.84 bits per heavy atom. The van der Waals surface area contributed by atoms with Crippen LogP contribution in [0, 0.1) is 0 Å². The number of carbonyl (C=O) groups excluding carboxylic acids is 2. The average Bonchev–Trinajstić information content (AvgIpc) is 3.12. The van der Waals surface area contributed by atoms with E-state index in [1.807, 2.05) is 44.2 Å². The largest absolute Gasteiger partial charge is 0.385 e. The van der Waals surface area contributed by atoms with Crippen LogP contribution in [0.4, 0.5) is 5.69 Å². The number of allylic oxidation sites excluding steroid dienone is 1. The highest BCUT2D eigenvalue weighted by atomic mass is 35.5. The molecule has 200 valence electrons. The first-order chi connectivity index (χ1) is 17.4. The third-order valence-corrected chi connectivity index (χ3v) is 10.9. The molecule has 2 aromatic carbocycles. The number of hydrogen-bond acceptors (Lipinski definition) is 3. The van der Waals surface area contributed by atoms with Crippen LogP contribution in [-0.4, -0.2) is 38.8 Å². The van der Waals surface area contributed by atoms with Crippen molar-refractivity contribution in [2.45, 2.75) is 76.4 Å². The van der Waals surface area contributed by atoms with E-state index in [2.05, 4.69) is 37.2 Å². The van der Waals surface area contributed by atoms with E-state index in [4.69, 9.17) is 27.9 Å². The van der Waals surface area contributed by atoms with Gasteiger partial charge in [-0.3, -0.25) is 9.59 Å². The van der Waals surface area contributed by atoms with Crippen LogP contribution in [-0.2, 0) is 19.7 Å². The van der Waals surface area contributed by atoms with Crippen molar-refractivity contribution in [3.05, 3.63) is 75.3 Å². The van der Waals surface area contributed by atoms with Crippen molar-refractivity contribution in [2.75, 3.05) is 12.4 Å². The van der Waals surface area contributed by atoms with Gasteiger partial charge < -0.3 is 15.4 Å². The molecule has 0 aliphatic carbocycles. The first kappa shape index (κ1) is 29.4. The highest BCUT2D eigenvalue weighted by Gasteiger charge is 2.61. The Balaban J connectivity index is 0.000000414. The van der Waals surface area contributed by atoms with E-state index < -0.39 is 19.5 Å². The van der Waals surface area contributed by atoms with E-state index in [1.165, 1.54) is 0 Å². The van der Waals surface area contributed by atoms with Crippen molar-refractivity contribution in [3.63, 3.8) is 0 Å². The summed E-state index contributed by atoms with van der Waals surface area (Å²) in [6.45, 7) is 13.0. The molecule has 37 heavy (non-hydrogen) atoms. The van der Waals surface area contributed by atoms with Gasteiger partial charge in [0.1, 0.15) is 5.41 Å². The quantitative estimate of drug-likeness (QED) is 0.302. The molecule has 2 amide bonds. The molecule has 2 heterocycles. The minimum Gasteiger partial charge on any atom is -0.385 e. The van der Waals surface area contributed by atoms with Crippen LogP contribution >= 0.6 is 23.2 Å². The molecule has 1 unspecified atom stereocenters. The van der Waals surface area contributed by atoms with Crippen molar-refractivity contribution in [3.8, 4) is 0 Å². The second-order valence-electron chi connectivity index (χ2n) is 10.8. The molecule has 5 nitrogen and oxygen atoms in total. The van der Waals surface area contributed by atoms with Gasteiger partial charge in [0.05, 0.1) is 14.1 Å². The summed E-state index contributed by atoms with van der Waals surface area (Å²) in [5, 5.41) is 7.28. The smallest absolute Gasteiger partial charge is 0.238 e. The van der Waals surface area contributed by atoms with Gasteiger partial charge in [-0.25, -0.2) is 0 Å². The number of piperidine rings is 1. The van der Waals surface area contributed by atoms with Crippen LogP contribution < -0.4 is 10.6 Å². The van der Waals surface area contributed by atoms with Gasteiger partial charge in [-0.05, 0) is 55.7 Å². The molecular weight excluding hydrogens is 523 g/mol. The van der Waals surface area contributed by atoms with E-state index in [0.717, 1.165) is 23.1 Å². The number of benzene rings is 2. The molecular formula is C29H38Cl2N2O3Si. The summed E-state index contributed by atoms with van der Waals surface area (Å²) in [6.07, 6.45) is 2.92. The maximum Gasteiger partial charge on any atom is 0.238 e. The molecule has 4 rings (SSSR count). The summed E-state index contributed by atoms with van der Waals surface area (Å²) >= 11 is 12.5. The molecule has 1 saturated heterocycles. The predicted octanol–water partition coefficient (Wildman–Crippen LogP) is 7.11. The monoisotopic (exact) mass is 560 g/mol. The molecule has 2 N–H and O–H groups in total. The Kier molecular flexibility index (Phi) is 9.33. The average molecular weight is 562 g/mol. The van der Waals surface area contributed by atoms with Gasteiger partial charge in [0, 0.05) is 40.9 Å². The number of methoxy groups -OCH3 is 1. The van der Waals surface area contributed by atoms with E-state index in [1.54, 1.807) is 25.3 Å². The highest BCUT2D eigenvalue weighted by Crippen LogP contribution is 2.54. The first-order valence-corrected chi connectivity index (χ1v) is 17.1. The third-order valence-electron chi connectivity index (χ3n) is 7.73. The van der Waals surface area contributed by atoms with Gasteiger partial charge in [-0.1, -0.05) is 79.6 Å². The topological polar surface area (TPSA) is 67.4 Å². The second kappa shape index (κ2) is 11.7. The lowest BCUT2D eigenvalue weighted by Gasteiger charge is -2.47. The zero-order chi connectivity index (χ0) is 27.5. The number of amides is 2. The van der Waals surface area contributed by atoms with Gasteiger partial charge in [-0.2, -0.15) is 0 Å². The summed E-state index contributed by atoms with van der Waals surface area (Å²) in [7, 11) is 0.798. The maximum absolute atomic E-state index is 13.7. The lowest BCUT2D eigenvalue weighted by Crippen LogP contribution is -2.62. The van der Waals surface area contributed by atoms with Crippen LogP contribution in [0.15, 0.2) is 54.1 Å². The van der Waals surface area contributed by atoms with Crippen molar-refractivity contribution in [2.24, 2.45) is 0 Å². The fourth-order valence-corrected chi connectivity index (χ4v) is 6.34.